The number of hydrogen-bond donors (Lipinski definition) is 2. The quantitative estimate of drug-likeness (QED) is 0.759. The molecule has 1 aliphatic rings. The standard InChI is InChI=1S/C10H11N3O3/c1-6-2-3-11-4-7(6)13-9(14)8-5-12-10(15)16-8/h2-4,8H,5H2,1H3,(H,12,15)(H,13,14)/t8-/m0/s1. The maximum absolute atomic E-state index is 11.7. The summed E-state index contributed by atoms with van der Waals surface area (Å²) in [5.74, 6) is -0.352. The first-order chi connectivity index (χ1) is 7.66. The Balaban J connectivity index is 2.03. The van der Waals surface area contributed by atoms with E-state index in [9.17, 15) is 9.59 Å². The van der Waals surface area contributed by atoms with Crippen molar-refractivity contribution in [3.05, 3.63) is 24.0 Å². The van der Waals surface area contributed by atoms with Gasteiger partial charge in [-0.2, -0.15) is 0 Å². The summed E-state index contributed by atoms with van der Waals surface area (Å²) >= 11 is 0. The molecule has 0 spiro atoms. The summed E-state index contributed by atoms with van der Waals surface area (Å²) < 4.78 is 4.75. The van der Waals surface area contributed by atoms with Crippen molar-refractivity contribution in [3.63, 3.8) is 0 Å². The van der Waals surface area contributed by atoms with Crippen molar-refractivity contribution in [2.45, 2.75) is 13.0 Å². The molecule has 2 amide bonds. The molecule has 2 heterocycles. The van der Waals surface area contributed by atoms with Gasteiger partial charge in [-0.1, -0.05) is 0 Å². The molecule has 6 heteroatoms. The normalized spacial score (nSPS) is 18.8. The van der Waals surface area contributed by atoms with E-state index in [0.717, 1.165) is 5.56 Å². The molecule has 2 N–H and O–H groups in total. The molecule has 0 aromatic carbocycles. The number of aryl methyl sites for hydroxylation is 1. The Labute approximate surface area is 92.0 Å². The Kier molecular flexibility index (Phi) is 2.72. The summed E-state index contributed by atoms with van der Waals surface area (Å²) in [6, 6.07) is 1.79. The molecule has 0 bridgehead atoms. The van der Waals surface area contributed by atoms with Crippen LogP contribution in [0.1, 0.15) is 5.56 Å². The van der Waals surface area contributed by atoms with Crippen molar-refractivity contribution >= 4 is 17.7 Å². The number of aromatic nitrogens is 1. The van der Waals surface area contributed by atoms with Crippen molar-refractivity contribution in [3.8, 4) is 0 Å². The first-order valence-electron chi connectivity index (χ1n) is 4.83. The minimum atomic E-state index is -0.771. The van der Waals surface area contributed by atoms with Gasteiger partial charge in [-0.25, -0.2) is 4.79 Å². The molecule has 1 atom stereocenters. The molecule has 84 valence electrons. The van der Waals surface area contributed by atoms with Crippen molar-refractivity contribution in [2.75, 3.05) is 11.9 Å². The SMILES string of the molecule is Cc1ccncc1NC(=O)[C@@H]1CNC(=O)O1. The second kappa shape index (κ2) is 4.18. The van der Waals surface area contributed by atoms with E-state index >= 15 is 0 Å². The molecule has 6 nitrogen and oxygen atoms in total. The van der Waals surface area contributed by atoms with Gasteiger partial charge in [0.15, 0.2) is 6.10 Å². The van der Waals surface area contributed by atoms with Gasteiger partial charge >= 0.3 is 6.09 Å². The number of ether oxygens (including phenoxy) is 1. The Bertz CT molecular complexity index is 433. The van der Waals surface area contributed by atoms with Crippen molar-refractivity contribution < 1.29 is 14.3 Å². The predicted molar refractivity (Wildman–Crippen MR) is 55.9 cm³/mol. The molecular weight excluding hydrogens is 210 g/mol. The number of nitrogens with zero attached hydrogens (tertiary/aromatic N) is 1. The maximum Gasteiger partial charge on any atom is 0.408 e. The van der Waals surface area contributed by atoms with Crippen LogP contribution in [0.5, 0.6) is 0 Å². The number of anilines is 1. The van der Waals surface area contributed by atoms with Gasteiger partial charge in [0.1, 0.15) is 0 Å². The molecule has 0 radical (unpaired) electrons. The number of nitrogens with one attached hydrogen (secondary N) is 2. The maximum atomic E-state index is 11.7. The van der Waals surface area contributed by atoms with E-state index in [1.807, 2.05) is 6.92 Å². The summed E-state index contributed by atoms with van der Waals surface area (Å²) in [4.78, 5) is 26.3. The van der Waals surface area contributed by atoms with E-state index in [1.165, 1.54) is 0 Å². The fourth-order valence-electron chi connectivity index (χ4n) is 1.34. The smallest absolute Gasteiger partial charge is 0.408 e. The molecule has 0 unspecified atom stereocenters. The van der Waals surface area contributed by atoms with Crippen LogP contribution in [0.3, 0.4) is 0 Å². The number of cyclic esters (lactones) is 1. The number of alkyl carbamates (subject to hydrolysis) is 1. The van der Waals surface area contributed by atoms with Crippen LogP contribution in [0.15, 0.2) is 18.5 Å². The van der Waals surface area contributed by atoms with E-state index in [2.05, 4.69) is 15.6 Å². The third kappa shape index (κ3) is 2.10. The van der Waals surface area contributed by atoms with Crippen LogP contribution < -0.4 is 10.6 Å². The van der Waals surface area contributed by atoms with Gasteiger partial charge in [0.05, 0.1) is 18.4 Å². The molecule has 1 saturated heterocycles. The largest absolute Gasteiger partial charge is 0.434 e. The van der Waals surface area contributed by atoms with Gasteiger partial charge in [0, 0.05) is 6.20 Å². The van der Waals surface area contributed by atoms with Crippen molar-refractivity contribution in [2.24, 2.45) is 0 Å². The lowest BCUT2D eigenvalue weighted by molar-refractivity contribution is -0.122. The average molecular weight is 221 g/mol. The van der Waals surface area contributed by atoms with E-state index in [4.69, 9.17) is 4.74 Å². The molecule has 1 aromatic heterocycles. The van der Waals surface area contributed by atoms with Gasteiger partial charge in [-0.3, -0.25) is 9.78 Å². The second-order valence-corrected chi connectivity index (χ2v) is 3.45. The molecule has 1 fully saturated rings. The number of rotatable bonds is 2. The second-order valence-electron chi connectivity index (χ2n) is 3.45. The lowest BCUT2D eigenvalue weighted by atomic mass is 10.2. The highest BCUT2D eigenvalue weighted by Gasteiger charge is 2.29. The van der Waals surface area contributed by atoms with Crippen LogP contribution in [-0.4, -0.2) is 29.6 Å². The topological polar surface area (TPSA) is 80.3 Å². The summed E-state index contributed by atoms with van der Waals surface area (Å²) in [6.45, 7) is 2.06. The molecule has 0 aliphatic carbocycles. The Morgan fingerprint density at radius 2 is 2.50 bits per heavy atom. The third-order valence-electron chi connectivity index (χ3n) is 2.27. The van der Waals surface area contributed by atoms with Crippen LogP contribution in [-0.2, 0) is 9.53 Å². The fourth-order valence-corrected chi connectivity index (χ4v) is 1.34. The van der Waals surface area contributed by atoms with Gasteiger partial charge in [-0.05, 0) is 18.6 Å². The average Bonchev–Trinajstić information content (AvgIpc) is 2.68. The first kappa shape index (κ1) is 10.4. The summed E-state index contributed by atoms with van der Waals surface area (Å²) in [7, 11) is 0. The number of hydrogen-bond acceptors (Lipinski definition) is 4. The van der Waals surface area contributed by atoms with Crippen LogP contribution in [0.4, 0.5) is 10.5 Å². The van der Waals surface area contributed by atoms with Gasteiger partial charge in [0.25, 0.3) is 5.91 Å². The number of carbonyl (C=O) groups is 2. The monoisotopic (exact) mass is 221 g/mol. The molecule has 2 rings (SSSR count). The minimum Gasteiger partial charge on any atom is -0.434 e. The summed E-state index contributed by atoms with van der Waals surface area (Å²) in [6.07, 6.45) is 1.86. The Morgan fingerprint density at radius 3 is 3.12 bits per heavy atom. The number of pyridine rings is 1. The van der Waals surface area contributed by atoms with Crippen LogP contribution in [0.25, 0.3) is 0 Å². The van der Waals surface area contributed by atoms with Crippen molar-refractivity contribution in [1.82, 2.24) is 10.3 Å². The van der Waals surface area contributed by atoms with Gasteiger partial charge < -0.3 is 15.4 Å². The Morgan fingerprint density at radius 1 is 1.69 bits per heavy atom. The zero-order valence-electron chi connectivity index (χ0n) is 8.69. The highest BCUT2D eigenvalue weighted by Crippen LogP contribution is 2.12. The molecular formula is C10H11N3O3. The van der Waals surface area contributed by atoms with Crippen LogP contribution in [0, 0.1) is 6.92 Å². The van der Waals surface area contributed by atoms with E-state index < -0.39 is 12.2 Å². The van der Waals surface area contributed by atoms with E-state index in [1.54, 1.807) is 18.5 Å². The van der Waals surface area contributed by atoms with Crippen LogP contribution >= 0.6 is 0 Å². The van der Waals surface area contributed by atoms with Gasteiger partial charge in [0.2, 0.25) is 0 Å². The van der Waals surface area contributed by atoms with Crippen LogP contribution in [0.2, 0.25) is 0 Å². The molecule has 16 heavy (non-hydrogen) atoms. The number of amides is 2. The fraction of sp³-hybridized carbons (Fsp3) is 0.300. The van der Waals surface area contributed by atoms with Crippen molar-refractivity contribution in [1.29, 1.82) is 0 Å². The number of carbonyl (C=O) groups excluding carboxylic acids is 2. The highest BCUT2D eigenvalue weighted by atomic mass is 16.6. The van der Waals surface area contributed by atoms with Gasteiger partial charge in [-0.15, -0.1) is 0 Å². The first-order valence-corrected chi connectivity index (χ1v) is 4.83. The highest BCUT2D eigenvalue weighted by molar-refractivity contribution is 5.97. The third-order valence-corrected chi connectivity index (χ3v) is 2.27. The predicted octanol–water partition coefficient (Wildman–Crippen LogP) is 0.437. The summed E-state index contributed by atoms with van der Waals surface area (Å²) in [5.41, 5.74) is 1.52. The molecule has 1 aliphatic heterocycles. The summed E-state index contributed by atoms with van der Waals surface area (Å²) in [5, 5.41) is 5.07. The van der Waals surface area contributed by atoms with E-state index in [-0.39, 0.29) is 12.5 Å². The zero-order valence-corrected chi connectivity index (χ0v) is 8.69. The Hall–Kier alpha value is -2.11. The minimum absolute atomic E-state index is 0.198. The zero-order chi connectivity index (χ0) is 11.5. The molecule has 1 aromatic rings. The lowest BCUT2D eigenvalue weighted by Crippen LogP contribution is -2.31. The van der Waals surface area contributed by atoms with E-state index in [0.29, 0.717) is 5.69 Å². The lowest BCUT2D eigenvalue weighted by Gasteiger charge is -2.10. The molecule has 0 saturated carbocycles.